The minimum atomic E-state index is -0.837. The van der Waals surface area contributed by atoms with E-state index in [-0.39, 0.29) is 6.61 Å². The van der Waals surface area contributed by atoms with Crippen LogP contribution in [0.25, 0.3) is 22.4 Å². The molecule has 140 valence electrons. The maximum atomic E-state index is 12.7. The van der Waals surface area contributed by atoms with E-state index in [1.54, 1.807) is 12.3 Å². The van der Waals surface area contributed by atoms with Gasteiger partial charge in [-0.05, 0) is 42.0 Å². The Morgan fingerprint density at radius 1 is 1.26 bits per heavy atom. The number of alkyl halides is 1. The van der Waals surface area contributed by atoms with Gasteiger partial charge in [0.2, 0.25) is 0 Å². The highest BCUT2D eigenvalue weighted by molar-refractivity contribution is 7.19. The Labute approximate surface area is 160 Å². The molecule has 1 aromatic carbocycles. The molecule has 0 aliphatic heterocycles. The predicted octanol–water partition coefficient (Wildman–Crippen LogP) is 4.17. The minimum absolute atomic E-state index is 0.356. The van der Waals surface area contributed by atoms with E-state index >= 15 is 0 Å². The van der Waals surface area contributed by atoms with E-state index in [1.807, 2.05) is 55.6 Å². The number of hydrogen-bond acceptors (Lipinski definition) is 6. The molecule has 5 nitrogen and oxygen atoms in total. The molecule has 3 aromatic rings. The topological polar surface area (TPSA) is 67.3 Å². The zero-order valence-corrected chi connectivity index (χ0v) is 15.6. The number of aliphatic hydroxyl groups excluding tert-OH is 1. The van der Waals surface area contributed by atoms with E-state index < -0.39 is 12.8 Å². The Balaban J connectivity index is 1.67. The lowest BCUT2D eigenvalue weighted by atomic mass is 10.2. The van der Waals surface area contributed by atoms with Gasteiger partial charge in [-0.25, -0.2) is 14.4 Å². The van der Waals surface area contributed by atoms with E-state index in [2.05, 4.69) is 15.3 Å². The number of aromatic nitrogens is 2. The monoisotopic (exact) mass is 385 g/mol. The third-order valence-electron chi connectivity index (χ3n) is 3.74. The van der Waals surface area contributed by atoms with Crippen molar-refractivity contribution in [1.29, 1.82) is 0 Å². The summed E-state index contributed by atoms with van der Waals surface area (Å²) in [6, 6.07) is 9.28. The fourth-order valence-electron chi connectivity index (χ4n) is 2.33. The molecule has 0 bridgehead atoms. The second-order valence-corrected chi connectivity index (χ2v) is 6.77. The minimum Gasteiger partial charge on any atom is -0.485 e. The van der Waals surface area contributed by atoms with E-state index in [1.165, 1.54) is 11.3 Å². The molecule has 1 atom stereocenters. The van der Waals surface area contributed by atoms with Gasteiger partial charge in [0.05, 0.1) is 16.8 Å². The molecule has 0 aliphatic carbocycles. The molecule has 1 unspecified atom stereocenters. The first-order chi connectivity index (χ1) is 13.2. The van der Waals surface area contributed by atoms with Crippen LogP contribution in [-0.2, 0) is 0 Å². The van der Waals surface area contributed by atoms with Gasteiger partial charge in [-0.3, -0.25) is 0 Å². The lowest BCUT2D eigenvalue weighted by Crippen LogP contribution is -2.23. The number of nitrogens with zero attached hydrogens (tertiary/aromatic N) is 2. The molecule has 3 rings (SSSR count). The molecule has 0 saturated carbocycles. The number of rotatable bonds is 8. The van der Waals surface area contributed by atoms with Crippen LogP contribution in [0.4, 0.5) is 10.2 Å². The van der Waals surface area contributed by atoms with Crippen molar-refractivity contribution in [2.75, 3.05) is 25.6 Å². The molecule has 7 heteroatoms. The summed E-state index contributed by atoms with van der Waals surface area (Å²) >= 11 is 1.52. The SMILES string of the molecule is CNc1ccc(/C=C/C=C/c2nc3ccc(OC(CO)CF)cc3s2)cn1. The number of ether oxygens (including phenoxy) is 1. The first-order valence-corrected chi connectivity index (χ1v) is 9.26. The lowest BCUT2D eigenvalue weighted by molar-refractivity contribution is 0.0933. The van der Waals surface area contributed by atoms with Crippen LogP contribution in [0.3, 0.4) is 0 Å². The van der Waals surface area contributed by atoms with Gasteiger partial charge in [-0.2, -0.15) is 0 Å². The van der Waals surface area contributed by atoms with Crippen molar-refractivity contribution in [3.05, 3.63) is 59.3 Å². The van der Waals surface area contributed by atoms with Gasteiger partial charge in [-0.1, -0.05) is 18.2 Å². The smallest absolute Gasteiger partial charge is 0.150 e. The summed E-state index contributed by atoms with van der Waals surface area (Å²) in [7, 11) is 1.83. The van der Waals surface area contributed by atoms with Crippen LogP contribution in [0, 0.1) is 0 Å². The van der Waals surface area contributed by atoms with E-state index in [4.69, 9.17) is 9.84 Å². The summed E-state index contributed by atoms with van der Waals surface area (Å²) in [4.78, 5) is 8.79. The van der Waals surface area contributed by atoms with Crippen LogP contribution in [0.2, 0.25) is 0 Å². The number of benzene rings is 1. The number of allylic oxidation sites excluding steroid dienone is 2. The van der Waals surface area contributed by atoms with Gasteiger partial charge in [0, 0.05) is 13.2 Å². The number of thiazole rings is 1. The third kappa shape index (κ3) is 5.12. The summed E-state index contributed by atoms with van der Waals surface area (Å²) in [5.74, 6) is 1.35. The highest BCUT2D eigenvalue weighted by atomic mass is 32.1. The second kappa shape index (κ2) is 9.25. The van der Waals surface area contributed by atoms with Crippen molar-refractivity contribution in [3.63, 3.8) is 0 Å². The molecule has 0 fully saturated rings. The summed E-state index contributed by atoms with van der Waals surface area (Å²) in [6.07, 6.45) is 8.71. The highest BCUT2D eigenvalue weighted by Gasteiger charge is 2.10. The number of fused-ring (bicyclic) bond motifs is 1. The molecule has 0 spiro atoms. The van der Waals surface area contributed by atoms with Crippen LogP contribution in [0.1, 0.15) is 10.6 Å². The van der Waals surface area contributed by atoms with Crippen LogP contribution in [0.5, 0.6) is 5.75 Å². The third-order valence-corrected chi connectivity index (χ3v) is 4.72. The number of hydrogen-bond donors (Lipinski definition) is 2. The number of halogens is 1. The zero-order valence-electron chi connectivity index (χ0n) is 14.8. The number of anilines is 1. The Morgan fingerprint density at radius 2 is 2.11 bits per heavy atom. The first kappa shape index (κ1) is 19.0. The van der Waals surface area contributed by atoms with E-state index in [9.17, 15) is 4.39 Å². The lowest BCUT2D eigenvalue weighted by Gasteiger charge is -2.12. The quantitative estimate of drug-likeness (QED) is 0.570. The number of nitrogens with one attached hydrogen (secondary N) is 1. The van der Waals surface area contributed by atoms with Gasteiger partial charge in [-0.15, -0.1) is 11.3 Å². The van der Waals surface area contributed by atoms with Crippen molar-refractivity contribution < 1.29 is 14.2 Å². The summed E-state index contributed by atoms with van der Waals surface area (Å²) in [5, 5.41) is 12.9. The van der Waals surface area contributed by atoms with E-state index in [0.29, 0.717) is 5.75 Å². The molecule has 0 aliphatic rings. The van der Waals surface area contributed by atoms with Crippen molar-refractivity contribution in [2.45, 2.75) is 6.10 Å². The number of pyridine rings is 1. The van der Waals surface area contributed by atoms with Crippen LogP contribution in [0.15, 0.2) is 48.7 Å². The summed E-state index contributed by atoms with van der Waals surface area (Å²) in [5.41, 5.74) is 1.86. The Bertz CT molecular complexity index is 934. The maximum Gasteiger partial charge on any atom is 0.150 e. The molecule has 27 heavy (non-hydrogen) atoms. The van der Waals surface area contributed by atoms with Gasteiger partial charge in [0.25, 0.3) is 0 Å². The fraction of sp³-hybridized carbons (Fsp3) is 0.200. The summed E-state index contributed by atoms with van der Waals surface area (Å²) < 4.78 is 19.0. The Kier molecular flexibility index (Phi) is 6.51. The maximum absolute atomic E-state index is 12.7. The second-order valence-electron chi connectivity index (χ2n) is 5.70. The van der Waals surface area contributed by atoms with Gasteiger partial charge < -0.3 is 15.2 Å². The molecule has 2 heterocycles. The molecule has 2 aromatic heterocycles. The van der Waals surface area contributed by atoms with Crippen LogP contribution >= 0.6 is 11.3 Å². The molecule has 0 radical (unpaired) electrons. The predicted molar refractivity (Wildman–Crippen MR) is 109 cm³/mol. The molecule has 2 N–H and O–H groups in total. The average molecular weight is 385 g/mol. The summed E-state index contributed by atoms with van der Waals surface area (Å²) in [6.45, 7) is -1.09. The molecular weight excluding hydrogens is 365 g/mol. The first-order valence-electron chi connectivity index (χ1n) is 8.44. The number of aliphatic hydroxyl groups is 1. The van der Waals surface area contributed by atoms with E-state index in [0.717, 1.165) is 26.6 Å². The molecular formula is C20H20FN3O2S. The molecule has 0 saturated heterocycles. The van der Waals surface area contributed by atoms with Gasteiger partial charge in [0.15, 0.2) is 0 Å². The van der Waals surface area contributed by atoms with Crippen LogP contribution in [-0.4, -0.2) is 41.5 Å². The largest absolute Gasteiger partial charge is 0.485 e. The normalized spacial score (nSPS) is 12.9. The van der Waals surface area contributed by atoms with Crippen LogP contribution < -0.4 is 10.1 Å². The Morgan fingerprint density at radius 3 is 2.81 bits per heavy atom. The van der Waals surface area contributed by atoms with Crippen molar-refractivity contribution in [3.8, 4) is 5.75 Å². The highest BCUT2D eigenvalue weighted by Crippen LogP contribution is 2.27. The standard InChI is InChI=1S/C20H20FN3O2S/c1-22-19-9-6-14(12-23-19)4-2-3-5-20-24-17-8-7-15(10-18(17)27-20)26-16(11-21)13-25/h2-10,12,16,25H,11,13H2,1H3,(H,22,23)/b4-2+,5-3+. The van der Waals surface area contributed by atoms with Crippen molar-refractivity contribution in [1.82, 2.24) is 9.97 Å². The van der Waals surface area contributed by atoms with Crippen molar-refractivity contribution in [2.24, 2.45) is 0 Å². The molecule has 0 amide bonds. The van der Waals surface area contributed by atoms with Crippen molar-refractivity contribution >= 4 is 39.5 Å². The Hall–Kier alpha value is -2.77. The zero-order chi connectivity index (χ0) is 19.1. The average Bonchev–Trinajstić information content (AvgIpc) is 3.12. The van der Waals surface area contributed by atoms with Gasteiger partial charge >= 0.3 is 0 Å². The fourth-order valence-corrected chi connectivity index (χ4v) is 3.24. The van der Waals surface area contributed by atoms with Gasteiger partial charge in [0.1, 0.15) is 29.4 Å².